The van der Waals surface area contributed by atoms with E-state index in [9.17, 15) is 14.4 Å². The van der Waals surface area contributed by atoms with Gasteiger partial charge in [-0.3, -0.25) is 24.0 Å². The van der Waals surface area contributed by atoms with E-state index in [4.69, 9.17) is 5.73 Å². The first kappa shape index (κ1) is 17.4. The molecule has 0 radical (unpaired) electrons. The highest BCUT2D eigenvalue weighted by molar-refractivity contribution is 5.77. The first-order chi connectivity index (χ1) is 11.9. The molecule has 2 aromatic heterocycles. The molecule has 2 aromatic rings. The Morgan fingerprint density at radius 3 is 2.80 bits per heavy atom. The molecule has 3 rings (SSSR count). The fourth-order valence-electron chi connectivity index (χ4n) is 3.36. The molecule has 0 aromatic carbocycles. The number of amides is 1. The number of carbonyl (C=O) groups excluding carboxylic acids is 1. The molecule has 1 aliphatic heterocycles. The van der Waals surface area contributed by atoms with E-state index in [1.807, 2.05) is 6.92 Å². The summed E-state index contributed by atoms with van der Waals surface area (Å²) in [6.07, 6.45) is 2.51. The second-order valence-electron chi connectivity index (χ2n) is 6.65. The summed E-state index contributed by atoms with van der Waals surface area (Å²) >= 11 is 0. The van der Waals surface area contributed by atoms with Gasteiger partial charge in [0.25, 0.3) is 5.56 Å². The molecular formula is C16H24N6O3. The van der Waals surface area contributed by atoms with Crippen LogP contribution in [0.2, 0.25) is 0 Å². The molecule has 9 heteroatoms. The molecule has 1 unspecified atom stereocenters. The average molecular weight is 348 g/mol. The number of nitrogens with two attached hydrogens (primary N) is 1. The number of likely N-dealkylation sites (tertiary alicyclic amines) is 1. The zero-order valence-corrected chi connectivity index (χ0v) is 14.6. The third kappa shape index (κ3) is 3.23. The molecule has 1 amide bonds. The van der Waals surface area contributed by atoms with Gasteiger partial charge in [-0.25, -0.2) is 9.78 Å². The van der Waals surface area contributed by atoms with Crippen LogP contribution in [-0.4, -0.2) is 43.0 Å². The Bertz CT molecular complexity index is 909. The zero-order chi connectivity index (χ0) is 18.1. The van der Waals surface area contributed by atoms with Gasteiger partial charge < -0.3 is 10.3 Å². The molecule has 3 N–H and O–H groups in total. The summed E-state index contributed by atoms with van der Waals surface area (Å²) in [6.45, 7) is 4.43. The number of aryl methyl sites for hydroxylation is 2. The summed E-state index contributed by atoms with van der Waals surface area (Å²) in [5.74, 6) is 0.277. The highest BCUT2D eigenvalue weighted by atomic mass is 16.2. The maximum Gasteiger partial charge on any atom is 0.330 e. The number of rotatable bonds is 6. The number of hydrogen-bond donors (Lipinski definition) is 2. The third-order valence-electron chi connectivity index (χ3n) is 4.88. The lowest BCUT2D eigenvalue weighted by Crippen LogP contribution is -2.31. The van der Waals surface area contributed by atoms with E-state index in [1.54, 1.807) is 11.6 Å². The van der Waals surface area contributed by atoms with Gasteiger partial charge in [0.15, 0.2) is 11.2 Å². The van der Waals surface area contributed by atoms with E-state index >= 15 is 0 Å². The SMILES string of the molecule is CCCCn1c(=O)[nH]c(=O)c2c1nc(CN1CCC(C(N)=O)C1)n2C. The van der Waals surface area contributed by atoms with Crippen LogP contribution in [0, 0.1) is 5.92 Å². The number of hydrogen-bond acceptors (Lipinski definition) is 5. The number of unbranched alkanes of at least 4 members (excludes halogenated alkanes) is 1. The Hall–Kier alpha value is -2.42. The van der Waals surface area contributed by atoms with Gasteiger partial charge in [-0.2, -0.15) is 0 Å². The first-order valence-electron chi connectivity index (χ1n) is 8.62. The highest BCUT2D eigenvalue weighted by Crippen LogP contribution is 2.19. The zero-order valence-electron chi connectivity index (χ0n) is 14.6. The summed E-state index contributed by atoms with van der Waals surface area (Å²) in [7, 11) is 1.77. The summed E-state index contributed by atoms with van der Waals surface area (Å²) in [4.78, 5) is 44.7. The van der Waals surface area contributed by atoms with Gasteiger partial charge in [0, 0.05) is 20.1 Å². The van der Waals surface area contributed by atoms with Gasteiger partial charge in [0.1, 0.15) is 5.82 Å². The van der Waals surface area contributed by atoms with Crippen molar-refractivity contribution in [3.8, 4) is 0 Å². The van der Waals surface area contributed by atoms with E-state index < -0.39 is 11.2 Å². The maximum atomic E-state index is 12.2. The minimum Gasteiger partial charge on any atom is -0.369 e. The van der Waals surface area contributed by atoms with Crippen LogP contribution < -0.4 is 17.0 Å². The van der Waals surface area contributed by atoms with Gasteiger partial charge in [-0.15, -0.1) is 0 Å². The van der Waals surface area contributed by atoms with Crippen LogP contribution in [0.4, 0.5) is 0 Å². The number of aromatic nitrogens is 4. The van der Waals surface area contributed by atoms with Crippen LogP contribution in [0.1, 0.15) is 32.0 Å². The van der Waals surface area contributed by atoms with Crippen molar-refractivity contribution in [2.24, 2.45) is 18.7 Å². The Morgan fingerprint density at radius 2 is 2.16 bits per heavy atom. The number of carbonyl (C=O) groups is 1. The van der Waals surface area contributed by atoms with Crippen LogP contribution in [0.3, 0.4) is 0 Å². The molecule has 0 spiro atoms. The smallest absolute Gasteiger partial charge is 0.330 e. The van der Waals surface area contributed by atoms with Crippen LogP contribution in [0.25, 0.3) is 11.2 Å². The first-order valence-corrected chi connectivity index (χ1v) is 8.62. The second-order valence-corrected chi connectivity index (χ2v) is 6.65. The summed E-state index contributed by atoms with van der Waals surface area (Å²) in [5, 5.41) is 0. The quantitative estimate of drug-likeness (QED) is 0.731. The van der Waals surface area contributed by atoms with Crippen molar-refractivity contribution in [1.29, 1.82) is 0 Å². The van der Waals surface area contributed by atoms with E-state index in [2.05, 4.69) is 14.9 Å². The van der Waals surface area contributed by atoms with Gasteiger partial charge in [0.05, 0.1) is 12.5 Å². The molecule has 1 saturated heterocycles. The normalized spacial score (nSPS) is 18.2. The standard InChI is InChI=1S/C16H24N6O3/c1-3-4-6-22-14-12(15(24)19-16(22)25)20(2)11(18-14)9-21-7-5-10(8-21)13(17)23/h10H,3-9H2,1-2H3,(H2,17,23)(H,19,24,25). The molecule has 3 heterocycles. The molecule has 1 atom stereocenters. The topological polar surface area (TPSA) is 119 Å². The van der Waals surface area contributed by atoms with Crippen molar-refractivity contribution in [3.05, 3.63) is 26.7 Å². The highest BCUT2D eigenvalue weighted by Gasteiger charge is 2.28. The molecule has 0 saturated carbocycles. The van der Waals surface area contributed by atoms with Crippen molar-refractivity contribution >= 4 is 17.1 Å². The minimum atomic E-state index is -0.426. The third-order valence-corrected chi connectivity index (χ3v) is 4.88. The van der Waals surface area contributed by atoms with Crippen LogP contribution in [0.15, 0.2) is 9.59 Å². The molecule has 0 aliphatic carbocycles. The monoisotopic (exact) mass is 348 g/mol. The van der Waals surface area contributed by atoms with Gasteiger partial charge in [-0.05, 0) is 19.4 Å². The van der Waals surface area contributed by atoms with Crippen molar-refractivity contribution in [1.82, 2.24) is 24.0 Å². The van der Waals surface area contributed by atoms with Crippen molar-refractivity contribution < 1.29 is 4.79 Å². The van der Waals surface area contributed by atoms with Crippen molar-refractivity contribution in [2.45, 2.75) is 39.3 Å². The molecule has 1 fully saturated rings. The second kappa shape index (κ2) is 6.83. The molecule has 25 heavy (non-hydrogen) atoms. The summed E-state index contributed by atoms with van der Waals surface area (Å²) < 4.78 is 3.26. The predicted octanol–water partition coefficient (Wildman–Crippen LogP) is -0.469. The Morgan fingerprint density at radius 1 is 1.40 bits per heavy atom. The fourth-order valence-corrected chi connectivity index (χ4v) is 3.36. The number of nitrogens with one attached hydrogen (secondary N) is 1. The Labute approximate surface area is 144 Å². The van der Waals surface area contributed by atoms with E-state index in [0.717, 1.165) is 25.8 Å². The number of nitrogens with zero attached hydrogens (tertiary/aromatic N) is 4. The average Bonchev–Trinajstić information content (AvgIpc) is 3.13. The van der Waals surface area contributed by atoms with Crippen molar-refractivity contribution in [3.63, 3.8) is 0 Å². The molecule has 1 aliphatic rings. The fraction of sp³-hybridized carbons (Fsp3) is 0.625. The van der Waals surface area contributed by atoms with Crippen LogP contribution in [-0.2, 0) is 24.9 Å². The van der Waals surface area contributed by atoms with E-state index in [1.165, 1.54) is 4.57 Å². The lowest BCUT2D eigenvalue weighted by atomic mass is 10.1. The number of primary amides is 1. The number of H-pyrrole nitrogens is 1. The largest absolute Gasteiger partial charge is 0.369 e. The molecular weight excluding hydrogens is 324 g/mol. The van der Waals surface area contributed by atoms with Crippen molar-refractivity contribution in [2.75, 3.05) is 13.1 Å². The van der Waals surface area contributed by atoms with E-state index in [0.29, 0.717) is 36.6 Å². The predicted molar refractivity (Wildman–Crippen MR) is 93.1 cm³/mol. The maximum absolute atomic E-state index is 12.2. The van der Waals surface area contributed by atoms with Gasteiger partial charge in [0.2, 0.25) is 5.91 Å². The summed E-state index contributed by atoms with van der Waals surface area (Å²) in [6, 6.07) is 0. The minimum absolute atomic E-state index is 0.138. The lowest BCUT2D eigenvalue weighted by molar-refractivity contribution is -0.121. The molecule has 136 valence electrons. The van der Waals surface area contributed by atoms with Crippen LogP contribution >= 0.6 is 0 Å². The molecule has 9 nitrogen and oxygen atoms in total. The van der Waals surface area contributed by atoms with Crippen LogP contribution in [0.5, 0.6) is 0 Å². The van der Waals surface area contributed by atoms with E-state index in [-0.39, 0.29) is 11.8 Å². The number of aromatic amines is 1. The number of fused-ring (bicyclic) bond motifs is 1. The molecule has 0 bridgehead atoms. The Kier molecular flexibility index (Phi) is 4.76. The lowest BCUT2D eigenvalue weighted by Gasteiger charge is -2.14. The Balaban J connectivity index is 1.96. The van der Waals surface area contributed by atoms with Gasteiger partial charge in [-0.1, -0.05) is 13.3 Å². The van der Waals surface area contributed by atoms with Gasteiger partial charge >= 0.3 is 5.69 Å². The number of imidazole rings is 1. The summed E-state index contributed by atoms with van der Waals surface area (Å²) in [5.41, 5.74) is 5.35.